The van der Waals surface area contributed by atoms with Crippen LogP contribution in [0.5, 0.6) is 5.75 Å². The summed E-state index contributed by atoms with van der Waals surface area (Å²) in [5, 5.41) is 3.36. The molecule has 0 radical (unpaired) electrons. The molecule has 0 amide bonds. The second kappa shape index (κ2) is 6.40. The predicted molar refractivity (Wildman–Crippen MR) is 95.8 cm³/mol. The van der Waals surface area contributed by atoms with Crippen molar-refractivity contribution in [1.29, 1.82) is 0 Å². The molecular weight excluding hydrogens is 300 g/mol. The van der Waals surface area contributed by atoms with Crippen molar-refractivity contribution in [1.82, 2.24) is 4.98 Å². The molecule has 0 fully saturated rings. The van der Waals surface area contributed by atoms with Crippen LogP contribution in [0, 0.1) is 0 Å². The van der Waals surface area contributed by atoms with Crippen LogP contribution in [0.25, 0.3) is 16.7 Å². The second-order valence-corrected chi connectivity index (χ2v) is 5.97. The number of hydrogen-bond donors (Lipinski definition) is 1. The molecule has 0 aliphatic carbocycles. The van der Waals surface area contributed by atoms with E-state index in [4.69, 9.17) is 9.15 Å². The van der Waals surface area contributed by atoms with Gasteiger partial charge < -0.3 is 14.5 Å². The number of oxazole rings is 1. The molecule has 1 N–H and O–H groups in total. The van der Waals surface area contributed by atoms with Gasteiger partial charge in [-0.25, -0.2) is 4.98 Å². The Labute approximate surface area is 141 Å². The van der Waals surface area contributed by atoms with E-state index in [0.717, 1.165) is 46.8 Å². The Hall–Kier alpha value is -2.75. The summed E-state index contributed by atoms with van der Waals surface area (Å²) >= 11 is 0. The molecule has 1 aliphatic heterocycles. The molecule has 3 aromatic rings. The lowest BCUT2D eigenvalue weighted by Crippen LogP contribution is -2.03. The fraction of sp³-hybridized carbons (Fsp3) is 0.250. The van der Waals surface area contributed by atoms with Gasteiger partial charge in [-0.15, -0.1) is 0 Å². The minimum atomic E-state index is 0.641. The van der Waals surface area contributed by atoms with Gasteiger partial charge in [-0.2, -0.15) is 0 Å². The highest BCUT2D eigenvalue weighted by Gasteiger charge is 2.23. The van der Waals surface area contributed by atoms with Gasteiger partial charge in [0.15, 0.2) is 11.3 Å². The number of nitrogens with one attached hydrogen (secondary N) is 1. The third-order valence-corrected chi connectivity index (χ3v) is 4.20. The number of unbranched alkanes of at least 4 members (excludes halogenated alkanes) is 2. The summed E-state index contributed by atoms with van der Waals surface area (Å²) in [5.41, 5.74) is 3.65. The first kappa shape index (κ1) is 14.8. The van der Waals surface area contributed by atoms with Crippen LogP contribution >= 0.6 is 0 Å². The van der Waals surface area contributed by atoms with Gasteiger partial charge in [-0.05, 0) is 37.1 Å². The SMILES string of the molecule is CCCCCC(=C1Nc2ccccc2O1)c1nc2ccccc2o1. The molecule has 0 spiro atoms. The van der Waals surface area contributed by atoms with Crippen LogP contribution in [-0.2, 0) is 0 Å². The first-order valence-corrected chi connectivity index (χ1v) is 8.48. The second-order valence-electron chi connectivity index (χ2n) is 5.97. The van der Waals surface area contributed by atoms with Crippen molar-refractivity contribution in [2.75, 3.05) is 5.32 Å². The largest absolute Gasteiger partial charge is 0.438 e. The lowest BCUT2D eigenvalue weighted by molar-refractivity contribution is 0.452. The Bertz CT molecular complexity index is 835. The average molecular weight is 320 g/mol. The van der Waals surface area contributed by atoms with Crippen LogP contribution in [0.2, 0.25) is 0 Å². The number of hydrogen-bond acceptors (Lipinski definition) is 4. The number of benzene rings is 2. The highest BCUT2D eigenvalue weighted by molar-refractivity contribution is 5.78. The van der Waals surface area contributed by atoms with Crippen LogP contribution in [-0.4, -0.2) is 4.98 Å². The summed E-state index contributed by atoms with van der Waals surface area (Å²) in [6, 6.07) is 15.8. The van der Waals surface area contributed by atoms with E-state index in [9.17, 15) is 0 Å². The smallest absolute Gasteiger partial charge is 0.228 e. The normalized spacial score (nSPS) is 15.0. The number of para-hydroxylation sites is 4. The molecule has 24 heavy (non-hydrogen) atoms. The number of fused-ring (bicyclic) bond motifs is 2. The van der Waals surface area contributed by atoms with E-state index in [0.29, 0.717) is 5.89 Å². The topological polar surface area (TPSA) is 47.3 Å². The Kier molecular flexibility index (Phi) is 3.95. The standard InChI is InChI=1S/C20H20N2O2/c1-2-3-4-9-14(19-21-15-10-5-7-12-17(15)23-19)20-22-16-11-6-8-13-18(16)24-20/h5-8,10-13,21H,2-4,9H2,1H3. The zero-order valence-corrected chi connectivity index (χ0v) is 13.7. The quantitative estimate of drug-likeness (QED) is 0.623. The van der Waals surface area contributed by atoms with E-state index in [1.54, 1.807) is 0 Å². The fourth-order valence-corrected chi connectivity index (χ4v) is 2.92. The van der Waals surface area contributed by atoms with Gasteiger partial charge in [0, 0.05) is 0 Å². The summed E-state index contributed by atoms with van der Waals surface area (Å²) in [5.74, 6) is 2.22. The van der Waals surface area contributed by atoms with Crippen molar-refractivity contribution >= 4 is 22.4 Å². The maximum absolute atomic E-state index is 6.02. The van der Waals surface area contributed by atoms with Crippen molar-refractivity contribution in [3.8, 4) is 5.75 Å². The van der Waals surface area contributed by atoms with E-state index in [1.807, 2.05) is 48.5 Å². The molecule has 0 bridgehead atoms. The van der Waals surface area contributed by atoms with E-state index in [2.05, 4.69) is 17.2 Å². The van der Waals surface area contributed by atoms with Gasteiger partial charge in [0.1, 0.15) is 5.52 Å². The molecule has 2 aromatic carbocycles. The van der Waals surface area contributed by atoms with E-state index in [1.165, 1.54) is 12.8 Å². The Balaban J connectivity index is 1.73. The van der Waals surface area contributed by atoms with Gasteiger partial charge >= 0.3 is 0 Å². The highest BCUT2D eigenvalue weighted by Crippen LogP contribution is 2.37. The number of aromatic nitrogens is 1. The zero-order chi connectivity index (χ0) is 16.4. The van der Waals surface area contributed by atoms with Gasteiger partial charge in [0.2, 0.25) is 11.8 Å². The van der Waals surface area contributed by atoms with Crippen molar-refractivity contribution < 1.29 is 9.15 Å². The average Bonchev–Trinajstić information content (AvgIpc) is 3.22. The van der Waals surface area contributed by atoms with Crippen LogP contribution in [0.15, 0.2) is 58.8 Å². The third-order valence-electron chi connectivity index (χ3n) is 4.20. The molecule has 1 aromatic heterocycles. The Morgan fingerprint density at radius 2 is 1.88 bits per heavy atom. The van der Waals surface area contributed by atoms with Crippen molar-refractivity contribution in [2.45, 2.75) is 32.6 Å². The lowest BCUT2D eigenvalue weighted by Gasteiger charge is -2.07. The molecule has 4 rings (SSSR count). The third kappa shape index (κ3) is 2.75. The zero-order valence-electron chi connectivity index (χ0n) is 13.7. The van der Waals surface area contributed by atoms with Gasteiger partial charge in [0.25, 0.3) is 0 Å². The number of anilines is 1. The van der Waals surface area contributed by atoms with Crippen molar-refractivity contribution in [2.24, 2.45) is 0 Å². The predicted octanol–water partition coefficient (Wildman–Crippen LogP) is 5.58. The van der Waals surface area contributed by atoms with E-state index in [-0.39, 0.29) is 0 Å². The summed E-state index contributed by atoms with van der Waals surface area (Å²) in [6.07, 6.45) is 4.29. The molecule has 122 valence electrons. The summed E-state index contributed by atoms with van der Waals surface area (Å²) in [6.45, 7) is 2.20. The monoisotopic (exact) mass is 320 g/mol. The van der Waals surface area contributed by atoms with Crippen LogP contribution in [0.3, 0.4) is 0 Å². The summed E-state index contributed by atoms with van der Waals surface area (Å²) in [4.78, 5) is 4.65. The molecule has 0 atom stereocenters. The molecule has 4 heteroatoms. The van der Waals surface area contributed by atoms with Gasteiger partial charge in [0.05, 0.1) is 11.3 Å². The molecule has 0 saturated carbocycles. The molecule has 2 heterocycles. The molecule has 0 saturated heterocycles. The highest BCUT2D eigenvalue weighted by atomic mass is 16.5. The Morgan fingerprint density at radius 3 is 2.71 bits per heavy atom. The van der Waals surface area contributed by atoms with Crippen LogP contribution < -0.4 is 10.1 Å². The number of rotatable bonds is 5. The van der Waals surface area contributed by atoms with Crippen molar-refractivity contribution in [3.05, 3.63) is 60.3 Å². The molecular formula is C20H20N2O2. The van der Waals surface area contributed by atoms with Crippen LogP contribution in [0.1, 0.15) is 38.5 Å². The number of ether oxygens (including phenoxy) is 1. The van der Waals surface area contributed by atoms with Gasteiger partial charge in [-0.3, -0.25) is 0 Å². The van der Waals surface area contributed by atoms with Crippen molar-refractivity contribution in [3.63, 3.8) is 0 Å². The fourth-order valence-electron chi connectivity index (χ4n) is 2.92. The Morgan fingerprint density at radius 1 is 1.04 bits per heavy atom. The van der Waals surface area contributed by atoms with E-state index < -0.39 is 0 Å². The molecule has 4 nitrogen and oxygen atoms in total. The minimum Gasteiger partial charge on any atom is -0.438 e. The lowest BCUT2D eigenvalue weighted by atomic mass is 10.1. The first-order valence-electron chi connectivity index (χ1n) is 8.48. The number of allylic oxidation sites excluding steroid dienone is 1. The maximum Gasteiger partial charge on any atom is 0.228 e. The summed E-state index contributed by atoms with van der Waals surface area (Å²) < 4.78 is 12.0. The first-order chi connectivity index (χ1) is 11.8. The van der Waals surface area contributed by atoms with Gasteiger partial charge in [-0.1, -0.05) is 44.0 Å². The minimum absolute atomic E-state index is 0.641. The van der Waals surface area contributed by atoms with E-state index >= 15 is 0 Å². The van der Waals surface area contributed by atoms with Crippen LogP contribution in [0.4, 0.5) is 5.69 Å². The maximum atomic E-state index is 6.02. The number of nitrogens with zero attached hydrogens (tertiary/aromatic N) is 1. The molecule has 1 aliphatic rings. The molecule has 0 unspecified atom stereocenters. The summed E-state index contributed by atoms with van der Waals surface area (Å²) in [7, 11) is 0.